The van der Waals surface area contributed by atoms with E-state index in [1.54, 1.807) is 6.20 Å². The van der Waals surface area contributed by atoms with Crippen LogP contribution in [0.1, 0.15) is 37.0 Å². The molecule has 0 aromatic carbocycles. The number of carbonyl (C=O) groups is 1. The van der Waals surface area contributed by atoms with Gasteiger partial charge in [-0.15, -0.1) is 0 Å². The number of rotatable bonds is 4. The van der Waals surface area contributed by atoms with Crippen LogP contribution in [0.25, 0.3) is 0 Å². The molecule has 12 heavy (non-hydrogen) atoms. The largest absolute Gasteiger partial charge is 0.294 e. The SMILES string of the molecule is CCCn1cc(C(=O)CC)cn1. The fraction of sp³-hybridized carbons (Fsp3) is 0.556. The summed E-state index contributed by atoms with van der Waals surface area (Å²) in [5.41, 5.74) is 0.728. The number of hydrogen-bond acceptors (Lipinski definition) is 2. The molecule has 1 heterocycles. The minimum Gasteiger partial charge on any atom is -0.294 e. The van der Waals surface area contributed by atoms with Gasteiger partial charge in [0.2, 0.25) is 0 Å². The molecule has 0 aliphatic heterocycles. The first-order valence-corrected chi connectivity index (χ1v) is 4.33. The molecule has 66 valence electrons. The zero-order chi connectivity index (χ0) is 8.97. The van der Waals surface area contributed by atoms with E-state index in [0.717, 1.165) is 18.5 Å². The lowest BCUT2D eigenvalue weighted by Crippen LogP contribution is -1.97. The fourth-order valence-electron chi connectivity index (χ4n) is 1.06. The van der Waals surface area contributed by atoms with Crippen LogP contribution >= 0.6 is 0 Å². The lowest BCUT2D eigenvalue weighted by molar-refractivity contribution is 0.0988. The van der Waals surface area contributed by atoms with Crippen LogP contribution < -0.4 is 0 Å². The maximum atomic E-state index is 11.2. The Balaban J connectivity index is 2.70. The molecular formula is C9H14N2O. The molecule has 3 heteroatoms. The van der Waals surface area contributed by atoms with Crippen molar-refractivity contribution in [1.82, 2.24) is 9.78 Å². The molecule has 0 amide bonds. The van der Waals surface area contributed by atoms with E-state index in [2.05, 4.69) is 12.0 Å². The van der Waals surface area contributed by atoms with Crippen LogP contribution in [0.5, 0.6) is 0 Å². The number of hydrogen-bond donors (Lipinski definition) is 0. The molecule has 0 spiro atoms. The molecular weight excluding hydrogens is 152 g/mol. The predicted octanol–water partition coefficient (Wildman–Crippen LogP) is 1.89. The molecule has 0 saturated carbocycles. The monoisotopic (exact) mass is 166 g/mol. The van der Waals surface area contributed by atoms with Gasteiger partial charge in [-0.1, -0.05) is 13.8 Å². The Labute approximate surface area is 72.4 Å². The number of carbonyl (C=O) groups excluding carboxylic acids is 1. The van der Waals surface area contributed by atoms with Gasteiger partial charge in [-0.3, -0.25) is 9.48 Å². The van der Waals surface area contributed by atoms with Crippen LogP contribution in [0.2, 0.25) is 0 Å². The average molecular weight is 166 g/mol. The number of nitrogens with zero attached hydrogens (tertiary/aromatic N) is 2. The Kier molecular flexibility index (Phi) is 3.02. The van der Waals surface area contributed by atoms with Gasteiger partial charge in [-0.25, -0.2) is 0 Å². The molecule has 0 aliphatic carbocycles. The van der Waals surface area contributed by atoms with Gasteiger partial charge >= 0.3 is 0 Å². The minimum atomic E-state index is 0.164. The van der Waals surface area contributed by atoms with E-state index < -0.39 is 0 Å². The van der Waals surface area contributed by atoms with E-state index in [1.807, 2.05) is 17.8 Å². The van der Waals surface area contributed by atoms with E-state index in [0.29, 0.717) is 6.42 Å². The second-order valence-electron chi connectivity index (χ2n) is 2.77. The summed E-state index contributed by atoms with van der Waals surface area (Å²) in [6.07, 6.45) is 5.05. The Hall–Kier alpha value is -1.12. The summed E-state index contributed by atoms with van der Waals surface area (Å²) in [6, 6.07) is 0. The number of ketones is 1. The highest BCUT2D eigenvalue weighted by Crippen LogP contribution is 2.02. The van der Waals surface area contributed by atoms with Crippen LogP contribution in [0.15, 0.2) is 12.4 Å². The van der Waals surface area contributed by atoms with Crippen molar-refractivity contribution >= 4 is 5.78 Å². The molecule has 1 aromatic rings. The van der Waals surface area contributed by atoms with Crippen LogP contribution in [-0.4, -0.2) is 15.6 Å². The molecule has 0 fully saturated rings. The third kappa shape index (κ3) is 1.94. The zero-order valence-corrected chi connectivity index (χ0v) is 7.58. The molecule has 0 aliphatic rings. The van der Waals surface area contributed by atoms with Gasteiger partial charge in [0, 0.05) is 19.2 Å². The summed E-state index contributed by atoms with van der Waals surface area (Å²) in [5, 5.41) is 4.07. The summed E-state index contributed by atoms with van der Waals surface area (Å²) >= 11 is 0. The van der Waals surface area contributed by atoms with Crippen LogP contribution in [0.3, 0.4) is 0 Å². The zero-order valence-electron chi connectivity index (χ0n) is 7.58. The van der Waals surface area contributed by atoms with Crippen LogP contribution in [-0.2, 0) is 6.54 Å². The Morgan fingerprint density at radius 3 is 2.92 bits per heavy atom. The highest BCUT2D eigenvalue weighted by Gasteiger charge is 2.04. The van der Waals surface area contributed by atoms with Crippen molar-refractivity contribution in [1.29, 1.82) is 0 Å². The Morgan fingerprint density at radius 2 is 2.33 bits per heavy atom. The first-order chi connectivity index (χ1) is 5.77. The lowest BCUT2D eigenvalue weighted by Gasteiger charge is -1.94. The van der Waals surface area contributed by atoms with Crippen LogP contribution in [0.4, 0.5) is 0 Å². The van der Waals surface area contributed by atoms with E-state index in [9.17, 15) is 4.79 Å². The summed E-state index contributed by atoms with van der Waals surface area (Å²) < 4.78 is 1.81. The highest BCUT2D eigenvalue weighted by atomic mass is 16.1. The van der Waals surface area contributed by atoms with E-state index in [4.69, 9.17) is 0 Å². The lowest BCUT2D eigenvalue weighted by atomic mass is 10.2. The maximum absolute atomic E-state index is 11.2. The second kappa shape index (κ2) is 4.04. The summed E-state index contributed by atoms with van der Waals surface area (Å²) in [5.74, 6) is 0.164. The van der Waals surface area contributed by atoms with E-state index >= 15 is 0 Å². The smallest absolute Gasteiger partial charge is 0.165 e. The second-order valence-corrected chi connectivity index (χ2v) is 2.77. The van der Waals surface area contributed by atoms with E-state index in [1.165, 1.54) is 0 Å². The number of Topliss-reactive ketones (excluding diaryl/α,β-unsaturated/α-hetero) is 1. The standard InChI is InChI=1S/C9H14N2O/c1-3-5-11-7-8(6-10-11)9(12)4-2/h6-7H,3-5H2,1-2H3. The molecule has 0 N–H and O–H groups in total. The van der Waals surface area contributed by atoms with Crippen molar-refractivity contribution in [3.8, 4) is 0 Å². The van der Waals surface area contributed by atoms with Crippen LogP contribution in [0, 0.1) is 0 Å². The quantitative estimate of drug-likeness (QED) is 0.640. The average Bonchev–Trinajstić information content (AvgIpc) is 2.52. The van der Waals surface area contributed by atoms with Gasteiger partial charge in [0.25, 0.3) is 0 Å². The van der Waals surface area contributed by atoms with Gasteiger partial charge in [0.1, 0.15) is 0 Å². The molecule has 0 atom stereocenters. The van der Waals surface area contributed by atoms with Gasteiger partial charge in [-0.05, 0) is 6.42 Å². The van der Waals surface area contributed by atoms with Gasteiger partial charge in [0.15, 0.2) is 5.78 Å². The molecule has 1 rings (SSSR count). The number of aromatic nitrogens is 2. The first-order valence-electron chi connectivity index (χ1n) is 4.33. The van der Waals surface area contributed by atoms with Crippen molar-refractivity contribution in [3.05, 3.63) is 18.0 Å². The summed E-state index contributed by atoms with van der Waals surface area (Å²) in [7, 11) is 0. The molecule has 0 saturated heterocycles. The van der Waals surface area contributed by atoms with Crippen molar-refractivity contribution in [3.63, 3.8) is 0 Å². The molecule has 1 aromatic heterocycles. The first kappa shape index (κ1) is 8.97. The van der Waals surface area contributed by atoms with Crippen molar-refractivity contribution < 1.29 is 4.79 Å². The predicted molar refractivity (Wildman–Crippen MR) is 47.1 cm³/mol. The van der Waals surface area contributed by atoms with E-state index in [-0.39, 0.29) is 5.78 Å². The topological polar surface area (TPSA) is 34.9 Å². The number of aryl methyl sites for hydroxylation is 1. The van der Waals surface area contributed by atoms with Crippen molar-refractivity contribution in [2.45, 2.75) is 33.2 Å². The highest BCUT2D eigenvalue weighted by molar-refractivity contribution is 5.95. The maximum Gasteiger partial charge on any atom is 0.165 e. The van der Waals surface area contributed by atoms with Gasteiger partial charge in [0.05, 0.1) is 11.8 Å². The molecule has 0 bridgehead atoms. The van der Waals surface area contributed by atoms with Gasteiger partial charge in [-0.2, -0.15) is 5.10 Å². The molecule has 0 radical (unpaired) electrons. The summed E-state index contributed by atoms with van der Waals surface area (Å²) in [6.45, 7) is 4.83. The summed E-state index contributed by atoms with van der Waals surface area (Å²) in [4.78, 5) is 11.2. The third-order valence-electron chi connectivity index (χ3n) is 1.73. The van der Waals surface area contributed by atoms with Gasteiger partial charge < -0.3 is 0 Å². The third-order valence-corrected chi connectivity index (χ3v) is 1.73. The Morgan fingerprint density at radius 1 is 1.58 bits per heavy atom. The van der Waals surface area contributed by atoms with Crippen molar-refractivity contribution in [2.24, 2.45) is 0 Å². The minimum absolute atomic E-state index is 0.164. The molecule has 3 nitrogen and oxygen atoms in total. The molecule has 0 unspecified atom stereocenters. The Bertz CT molecular complexity index is 265. The fourth-order valence-corrected chi connectivity index (χ4v) is 1.06. The van der Waals surface area contributed by atoms with Crippen molar-refractivity contribution in [2.75, 3.05) is 0 Å². The normalized spacial score (nSPS) is 10.2.